The number of aromatic nitrogens is 2. The first-order valence-electron chi connectivity index (χ1n) is 5.76. The molecule has 0 amide bonds. The van der Waals surface area contributed by atoms with Gasteiger partial charge in [0.1, 0.15) is 5.82 Å². The van der Waals surface area contributed by atoms with E-state index in [0.29, 0.717) is 11.7 Å². The second-order valence-corrected chi connectivity index (χ2v) is 3.94. The molecule has 0 aliphatic heterocycles. The van der Waals surface area contributed by atoms with E-state index in [1.807, 2.05) is 6.92 Å². The fourth-order valence-electron chi connectivity index (χ4n) is 1.34. The number of nitrogens with zero attached hydrogens (tertiary/aromatic N) is 2. The quantitative estimate of drug-likeness (QED) is 0.564. The van der Waals surface area contributed by atoms with Crippen molar-refractivity contribution in [1.29, 1.82) is 0 Å². The maximum atomic E-state index is 5.22. The second-order valence-electron chi connectivity index (χ2n) is 3.57. The molecule has 1 aromatic heterocycles. The molecule has 4 heteroatoms. The molecule has 0 atom stereocenters. The Morgan fingerprint density at radius 2 is 1.94 bits per heavy atom. The first-order chi connectivity index (χ1) is 7.77. The number of hydrogen-bond acceptors (Lipinski definition) is 4. The Labute approximate surface area is 102 Å². The van der Waals surface area contributed by atoms with Crippen LogP contribution in [0.2, 0.25) is 0 Å². The Bertz CT molecular complexity index is 324. The molecule has 3 nitrogen and oxygen atoms in total. The van der Waals surface area contributed by atoms with E-state index >= 15 is 0 Å². The van der Waals surface area contributed by atoms with Gasteiger partial charge in [0.2, 0.25) is 0 Å². The van der Waals surface area contributed by atoms with Gasteiger partial charge < -0.3 is 4.74 Å². The van der Waals surface area contributed by atoms with Crippen molar-refractivity contribution in [2.45, 2.75) is 39.5 Å². The van der Waals surface area contributed by atoms with Crippen molar-refractivity contribution in [2.75, 3.05) is 6.61 Å². The Morgan fingerprint density at radius 3 is 2.50 bits per heavy atom. The lowest BCUT2D eigenvalue weighted by Gasteiger charge is -2.04. The zero-order valence-electron chi connectivity index (χ0n) is 9.90. The molecule has 0 spiro atoms. The summed E-state index contributed by atoms with van der Waals surface area (Å²) in [4.78, 5) is 8.55. The predicted molar refractivity (Wildman–Crippen MR) is 68.6 cm³/mol. The van der Waals surface area contributed by atoms with Crippen LogP contribution in [-0.2, 0) is 11.2 Å². The van der Waals surface area contributed by atoms with E-state index in [4.69, 9.17) is 17.0 Å². The Morgan fingerprint density at radius 1 is 1.25 bits per heavy atom. The van der Waals surface area contributed by atoms with Crippen molar-refractivity contribution in [3.05, 3.63) is 23.8 Å². The lowest BCUT2D eigenvalue weighted by atomic mass is 10.2. The van der Waals surface area contributed by atoms with Crippen molar-refractivity contribution < 1.29 is 4.74 Å². The summed E-state index contributed by atoms with van der Waals surface area (Å²) in [7, 11) is 0. The highest BCUT2D eigenvalue weighted by atomic mass is 32.1. The third kappa shape index (κ3) is 4.23. The van der Waals surface area contributed by atoms with Crippen LogP contribution in [0.15, 0.2) is 12.4 Å². The summed E-state index contributed by atoms with van der Waals surface area (Å²) in [6, 6.07) is 0. The molecular formula is C12H18N2OS. The van der Waals surface area contributed by atoms with Crippen LogP contribution in [0.5, 0.6) is 0 Å². The normalized spacial score (nSPS) is 10.1. The Kier molecular flexibility index (Phi) is 5.93. The van der Waals surface area contributed by atoms with Crippen molar-refractivity contribution in [3.63, 3.8) is 0 Å². The highest BCUT2D eigenvalue weighted by molar-refractivity contribution is 7.80. The standard InChI is InChI=1S/C12H18N2OS/c1-3-5-6-7-11-13-8-10(9-14-11)12(16)15-4-2/h8-9H,3-7H2,1-2H3. The number of hydrogen-bond donors (Lipinski definition) is 0. The minimum Gasteiger partial charge on any atom is -0.483 e. The molecule has 0 aliphatic rings. The van der Waals surface area contributed by atoms with Gasteiger partial charge in [-0.1, -0.05) is 19.8 Å². The molecule has 1 aromatic rings. The summed E-state index contributed by atoms with van der Waals surface area (Å²) in [5.41, 5.74) is 0.788. The topological polar surface area (TPSA) is 35.0 Å². The molecule has 88 valence electrons. The molecule has 0 saturated carbocycles. The van der Waals surface area contributed by atoms with Gasteiger partial charge in [0.05, 0.1) is 12.2 Å². The third-order valence-corrected chi connectivity index (χ3v) is 2.57. The van der Waals surface area contributed by atoms with Crippen molar-refractivity contribution in [3.8, 4) is 0 Å². The van der Waals surface area contributed by atoms with Crippen molar-refractivity contribution in [2.24, 2.45) is 0 Å². The Hall–Kier alpha value is -1.03. The molecule has 0 bridgehead atoms. The van der Waals surface area contributed by atoms with Gasteiger partial charge >= 0.3 is 0 Å². The molecule has 0 saturated heterocycles. The Balaban J connectivity index is 2.50. The number of rotatable bonds is 6. The van der Waals surface area contributed by atoms with Crippen LogP contribution in [0.25, 0.3) is 0 Å². The summed E-state index contributed by atoms with van der Waals surface area (Å²) in [6.07, 6.45) is 8.01. The van der Waals surface area contributed by atoms with Crippen LogP contribution in [0.1, 0.15) is 44.5 Å². The van der Waals surface area contributed by atoms with Crippen LogP contribution in [-0.4, -0.2) is 21.6 Å². The van der Waals surface area contributed by atoms with Crippen LogP contribution >= 0.6 is 12.2 Å². The number of unbranched alkanes of at least 4 members (excludes halogenated alkanes) is 2. The van der Waals surface area contributed by atoms with E-state index < -0.39 is 0 Å². The fraction of sp³-hybridized carbons (Fsp3) is 0.583. The monoisotopic (exact) mass is 238 g/mol. The molecular weight excluding hydrogens is 220 g/mol. The molecule has 16 heavy (non-hydrogen) atoms. The van der Waals surface area contributed by atoms with E-state index in [1.165, 1.54) is 12.8 Å². The predicted octanol–water partition coefficient (Wildman–Crippen LogP) is 2.92. The summed E-state index contributed by atoms with van der Waals surface area (Å²) >= 11 is 5.07. The highest BCUT2D eigenvalue weighted by Gasteiger charge is 2.03. The molecule has 0 aliphatic carbocycles. The molecule has 0 unspecified atom stereocenters. The van der Waals surface area contributed by atoms with Crippen LogP contribution < -0.4 is 0 Å². The van der Waals surface area contributed by atoms with E-state index in [9.17, 15) is 0 Å². The van der Waals surface area contributed by atoms with Crippen molar-refractivity contribution in [1.82, 2.24) is 9.97 Å². The maximum absolute atomic E-state index is 5.22. The zero-order chi connectivity index (χ0) is 11.8. The SMILES string of the molecule is CCCCCc1ncc(C(=S)OCC)cn1. The fourth-order valence-corrected chi connectivity index (χ4v) is 1.56. The lowest BCUT2D eigenvalue weighted by Crippen LogP contribution is -2.05. The summed E-state index contributed by atoms with van der Waals surface area (Å²) in [5.74, 6) is 0.886. The molecule has 0 N–H and O–H groups in total. The minimum absolute atomic E-state index is 0.475. The van der Waals surface area contributed by atoms with Crippen molar-refractivity contribution >= 4 is 17.3 Å². The highest BCUT2D eigenvalue weighted by Crippen LogP contribution is 2.04. The van der Waals surface area contributed by atoms with Crippen LogP contribution in [0.3, 0.4) is 0 Å². The minimum atomic E-state index is 0.475. The molecule has 0 radical (unpaired) electrons. The van der Waals surface area contributed by atoms with E-state index in [2.05, 4.69) is 16.9 Å². The average Bonchev–Trinajstić information content (AvgIpc) is 2.30. The van der Waals surface area contributed by atoms with E-state index in [-0.39, 0.29) is 0 Å². The molecule has 1 heterocycles. The largest absolute Gasteiger partial charge is 0.483 e. The van der Waals surface area contributed by atoms with Gasteiger partial charge in [-0.25, -0.2) is 9.97 Å². The first kappa shape index (κ1) is 13.0. The summed E-state index contributed by atoms with van der Waals surface area (Å²) in [5, 5.41) is 0.475. The lowest BCUT2D eigenvalue weighted by molar-refractivity contribution is 0.337. The van der Waals surface area contributed by atoms with E-state index in [1.54, 1.807) is 12.4 Å². The maximum Gasteiger partial charge on any atom is 0.194 e. The van der Waals surface area contributed by atoms with E-state index in [0.717, 1.165) is 24.2 Å². The number of thiocarbonyl (C=S) groups is 1. The smallest absolute Gasteiger partial charge is 0.194 e. The second kappa shape index (κ2) is 7.28. The van der Waals surface area contributed by atoms with Gasteiger partial charge in [-0.05, 0) is 25.6 Å². The van der Waals surface area contributed by atoms with Crippen LogP contribution in [0, 0.1) is 0 Å². The van der Waals surface area contributed by atoms with Gasteiger partial charge in [-0.3, -0.25) is 0 Å². The molecule has 0 fully saturated rings. The summed E-state index contributed by atoms with van der Waals surface area (Å²) < 4.78 is 5.22. The van der Waals surface area contributed by atoms with Crippen LogP contribution in [0.4, 0.5) is 0 Å². The average molecular weight is 238 g/mol. The van der Waals surface area contributed by atoms with Gasteiger partial charge in [0.15, 0.2) is 5.05 Å². The number of ether oxygens (including phenoxy) is 1. The van der Waals surface area contributed by atoms with Gasteiger partial charge in [-0.2, -0.15) is 0 Å². The molecule has 1 rings (SSSR count). The molecule has 0 aromatic carbocycles. The van der Waals surface area contributed by atoms with Gasteiger partial charge in [0.25, 0.3) is 0 Å². The third-order valence-electron chi connectivity index (χ3n) is 2.22. The first-order valence-corrected chi connectivity index (χ1v) is 6.16. The zero-order valence-corrected chi connectivity index (χ0v) is 10.7. The van der Waals surface area contributed by atoms with Gasteiger partial charge in [0, 0.05) is 18.8 Å². The number of aryl methyl sites for hydroxylation is 1. The van der Waals surface area contributed by atoms with Gasteiger partial charge in [-0.15, -0.1) is 0 Å². The summed E-state index contributed by atoms with van der Waals surface area (Å²) in [6.45, 7) is 4.67.